The smallest absolute Gasteiger partial charge is 0.238 e. The Balaban J connectivity index is 0.00000200. The van der Waals surface area contributed by atoms with Gasteiger partial charge in [0.2, 0.25) is 5.91 Å². The van der Waals surface area contributed by atoms with E-state index in [4.69, 9.17) is 0 Å². The van der Waals surface area contributed by atoms with Crippen LogP contribution in [0.25, 0.3) is 0 Å². The Morgan fingerprint density at radius 2 is 2.30 bits per heavy atom. The van der Waals surface area contributed by atoms with Crippen molar-refractivity contribution in [2.45, 2.75) is 19.9 Å². The topological polar surface area (TPSA) is 44.4 Å². The summed E-state index contributed by atoms with van der Waals surface area (Å²) in [5.41, 5.74) is 1.09. The summed E-state index contributed by atoms with van der Waals surface area (Å²) in [6.45, 7) is 6.80. The molecule has 0 aliphatic carbocycles. The van der Waals surface area contributed by atoms with Crippen LogP contribution in [0.2, 0.25) is 0 Å². The first-order chi connectivity index (χ1) is 9.06. The number of nitrogens with zero attached hydrogens (tertiary/aromatic N) is 1. The summed E-state index contributed by atoms with van der Waals surface area (Å²) in [5.74, 6) is -0.557. The summed E-state index contributed by atoms with van der Waals surface area (Å²) >= 11 is 0. The van der Waals surface area contributed by atoms with Gasteiger partial charge in [-0.3, -0.25) is 9.69 Å². The maximum Gasteiger partial charge on any atom is 0.238 e. The van der Waals surface area contributed by atoms with Gasteiger partial charge in [-0.2, -0.15) is 0 Å². The van der Waals surface area contributed by atoms with Crippen molar-refractivity contribution in [2.24, 2.45) is 0 Å². The lowest BCUT2D eigenvalue weighted by molar-refractivity contribution is -0.118. The fourth-order valence-corrected chi connectivity index (χ4v) is 2.21. The van der Waals surface area contributed by atoms with Crippen molar-refractivity contribution in [3.63, 3.8) is 0 Å². The number of piperazine rings is 1. The highest BCUT2D eigenvalue weighted by molar-refractivity contribution is 5.92. The largest absolute Gasteiger partial charge is 0.322 e. The van der Waals surface area contributed by atoms with Crippen molar-refractivity contribution in [1.29, 1.82) is 0 Å². The Kier molecular flexibility index (Phi) is 6.39. The highest BCUT2D eigenvalue weighted by Gasteiger charge is 2.20. The first-order valence-corrected chi connectivity index (χ1v) is 6.57. The van der Waals surface area contributed by atoms with Crippen molar-refractivity contribution in [2.75, 3.05) is 31.5 Å². The minimum absolute atomic E-state index is 0. The third kappa shape index (κ3) is 4.44. The molecule has 6 heteroatoms. The maximum absolute atomic E-state index is 13.6. The molecular formula is C14H21ClFN3O. The summed E-state index contributed by atoms with van der Waals surface area (Å²) < 4.78 is 13.6. The van der Waals surface area contributed by atoms with E-state index in [1.165, 1.54) is 6.07 Å². The summed E-state index contributed by atoms with van der Waals surface area (Å²) in [7, 11) is 0. The second-order valence-corrected chi connectivity index (χ2v) is 5.06. The lowest BCUT2D eigenvalue weighted by Crippen LogP contribution is -2.52. The van der Waals surface area contributed by atoms with E-state index >= 15 is 0 Å². The van der Waals surface area contributed by atoms with E-state index in [1.807, 2.05) is 6.92 Å². The first-order valence-electron chi connectivity index (χ1n) is 6.57. The van der Waals surface area contributed by atoms with Gasteiger partial charge >= 0.3 is 0 Å². The lowest BCUT2D eigenvalue weighted by Gasteiger charge is -2.33. The minimum atomic E-state index is -0.387. The molecule has 1 saturated heterocycles. The molecule has 0 spiro atoms. The third-order valence-corrected chi connectivity index (χ3v) is 3.38. The van der Waals surface area contributed by atoms with Gasteiger partial charge in [-0.15, -0.1) is 12.4 Å². The second kappa shape index (κ2) is 7.57. The van der Waals surface area contributed by atoms with Crippen LogP contribution in [0.1, 0.15) is 12.5 Å². The Bertz CT molecular complexity index is 470. The molecule has 20 heavy (non-hydrogen) atoms. The van der Waals surface area contributed by atoms with Gasteiger partial charge in [-0.1, -0.05) is 6.07 Å². The zero-order chi connectivity index (χ0) is 13.8. The van der Waals surface area contributed by atoms with E-state index in [9.17, 15) is 9.18 Å². The molecule has 0 unspecified atom stereocenters. The molecule has 1 heterocycles. The van der Waals surface area contributed by atoms with E-state index in [0.29, 0.717) is 12.6 Å². The van der Waals surface area contributed by atoms with Crippen LogP contribution < -0.4 is 10.6 Å². The third-order valence-electron chi connectivity index (χ3n) is 3.38. The number of nitrogens with one attached hydrogen (secondary N) is 2. The highest BCUT2D eigenvalue weighted by Crippen LogP contribution is 2.15. The van der Waals surface area contributed by atoms with Crippen LogP contribution in [-0.2, 0) is 4.79 Å². The van der Waals surface area contributed by atoms with Gasteiger partial charge in [0, 0.05) is 25.7 Å². The normalized spacial score (nSPS) is 19.2. The van der Waals surface area contributed by atoms with Crippen LogP contribution in [0.5, 0.6) is 0 Å². The number of rotatable bonds is 3. The number of hydrogen-bond acceptors (Lipinski definition) is 3. The molecule has 1 aromatic carbocycles. The van der Waals surface area contributed by atoms with Crippen molar-refractivity contribution in [3.05, 3.63) is 29.6 Å². The highest BCUT2D eigenvalue weighted by atomic mass is 35.5. The van der Waals surface area contributed by atoms with Crippen molar-refractivity contribution in [1.82, 2.24) is 10.2 Å². The number of benzene rings is 1. The average molecular weight is 302 g/mol. The molecule has 2 N–H and O–H groups in total. The van der Waals surface area contributed by atoms with Gasteiger partial charge in [-0.25, -0.2) is 4.39 Å². The average Bonchev–Trinajstić information content (AvgIpc) is 2.36. The van der Waals surface area contributed by atoms with Crippen LogP contribution in [0, 0.1) is 12.7 Å². The lowest BCUT2D eigenvalue weighted by atomic mass is 10.2. The molecule has 0 saturated carbocycles. The molecule has 0 bridgehead atoms. The number of aryl methyl sites for hydroxylation is 1. The summed E-state index contributed by atoms with van der Waals surface area (Å²) in [4.78, 5) is 14.0. The SMILES string of the molecule is Cc1ccc(NC(=O)CN2CCNC[C@@H]2C)c(F)c1.Cl. The van der Waals surface area contributed by atoms with Gasteiger partial charge in [0.15, 0.2) is 0 Å². The molecule has 2 rings (SSSR count). The Morgan fingerprint density at radius 3 is 2.95 bits per heavy atom. The zero-order valence-corrected chi connectivity index (χ0v) is 12.6. The monoisotopic (exact) mass is 301 g/mol. The second-order valence-electron chi connectivity index (χ2n) is 5.06. The molecule has 0 radical (unpaired) electrons. The van der Waals surface area contributed by atoms with Crippen LogP contribution in [0.4, 0.5) is 10.1 Å². The van der Waals surface area contributed by atoms with Crippen LogP contribution in [0.15, 0.2) is 18.2 Å². The Hall–Kier alpha value is -1.17. The summed E-state index contributed by atoms with van der Waals surface area (Å²) in [6, 6.07) is 5.13. The van der Waals surface area contributed by atoms with Crippen molar-refractivity contribution < 1.29 is 9.18 Å². The van der Waals surface area contributed by atoms with Gasteiger partial charge in [-0.05, 0) is 31.5 Å². The maximum atomic E-state index is 13.6. The molecule has 4 nitrogen and oxygen atoms in total. The molecule has 1 atom stereocenters. The Morgan fingerprint density at radius 1 is 1.55 bits per heavy atom. The predicted molar refractivity (Wildman–Crippen MR) is 80.9 cm³/mol. The number of amides is 1. The molecule has 1 aliphatic heterocycles. The molecule has 0 aromatic heterocycles. The van der Waals surface area contributed by atoms with Gasteiger partial charge in [0.05, 0.1) is 12.2 Å². The summed E-state index contributed by atoms with van der Waals surface area (Å²) in [5, 5.41) is 5.90. The quantitative estimate of drug-likeness (QED) is 0.894. The van der Waals surface area contributed by atoms with Crippen LogP contribution >= 0.6 is 12.4 Å². The van der Waals surface area contributed by atoms with E-state index in [2.05, 4.69) is 22.5 Å². The molecule has 1 aliphatic rings. The number of hydrogen-bond donors (Lipinski definition) is 2. The first kappa shape index (κ1) is 16.9. The van der Waals surface area contributed by atoms with E-state index in [1.54, 1.807) is 12.1 Å². The molecule has 112 valence electrons. The fraction of sp³-hybridized carbons (Fsp3) is 0.500. The van der Waals surface area contributed by atoms with Crippen LogP contribution in [0.3, 0.4) is 0 Å². The fourth-order valence-electron chi connectivity index (χ4n) is 2.21. The van der Waals surface area contributed by atoms with Crippen molar-refractivity contribution in [3.8, 4) is 0 Å². The van der Waals surface area contributed by atoms with E-state index in [0.717, 1.165) is 25.2 Å². The standard InChI is InChI=1S/C14H20FN3O.ClH/c1-10-3-4-13(12(15)7-10)17-14(19)9-18-6-5-16-8-11(18)2;/h3-4,7,11,16H,5-6,8-9H2,1-2H3,(H,17,19);1H/t11-;/m0./s1. The van der Waals surface area contributed by atoms with Crippen molar-refractivity contribution >= 4 is 24.0 Å². The zero-order valence-electron chi connectivity index (χ0n) is 11.8. The van der Waals surface area contributed by atoms with Gasteiger partial charge in [0.25, 0.3) is 0 Å². The number of anilines is 1. The Labute approximate surface area is 125 Å². The molecule has 1 fully saturated rings. The predicted octanol–water partition coefficient (Wildman–Crippen LogP) is 1.79. The molecular weight excluding hydrogens is 281 g/mol. The molecule has 1 amide bonds. The molecule has 1 aromatic rings. The number of halogens is 2. The van der Waals surface area contributed by atoms with Crippen LogP contribution in [-0.4, -0.2) is 43.0 Å². The minimum Gasteiger partial charge on any atom is -0.322 e. The number of carbonyl (C=O) groups is 1. The van der Waals surface area contributed by atoms with Gasteiger partial charge in [0.1, 0.15) is 5.82 Å². The van der Waals surface area contributed by atoms with E-state index < -0.39 is 0 Å². The number of carbonyl (C=O) groups excluding carboxylic acids is 1. The summed E-state index contributed by atoms with van der Waals surface area (Å²) in [6.07, 6.45) is 0. The van der Waals surface area contributed by atoms with Gasteiger partial charge < -0.3 is 10.6 Å². The van der Waals surface area contributed by atoms with E-state index in [-0.39, 0.29) is 29.8 Å².